The molecule has 1 aromatic carbocycles. The van der Waals surface area contributed by atoms with Gasteiger partial charge in [-0.1, -0.05) is 30.3 Å². The minimum atomic E-state index is -0.121. The zero-order valence-corrected chi connectivity index (χ0v) is 11.7. The van der Waals surface area contributed by atoms with Crippen LogP contribution in [0.25, 0.3) is 6.08 Å². The first-order chi connectivity index (χ1) is 10.3. The molecule has 1 N–H and O–H groups in total. The summed E-state index contributed by atoms with van der Waals surface area (Å²) in [7, 11) is 0. The average Bonchev–Trinajstić information content (AvgIpc) is 2.54. The van der Waals surface area contributed by atoms with Crippen LogP contribution in [0.15, 0.2) is 60.9 Å². The maximum Gasteiger partial charge on any atom is 0.246 e. The van der Waals surface area contributed by atoms with Gasteiger partial charge in [0.15, 0.2) is 0 Å². The van der Waals surface area contributed by atoms with Crippen molar-refractivity contribution in [2.45, 2.75) is 6.54 Å². The van der Waals surface area contributed by atoms with Crippen LogP contribution in [0.5, 0.6) is 0 Å². The number of hydrogen-bond acceptors (Lipinski definition) is 3. The van der Waals surface area contributed by atoms with Crippen LogP contribution in [0, 0.1) is 0 Å². The predicted molar refractivity (Wildman–Crippen MR) is 82.2 cm³/mol. The molecule has 4 nitrogen and oxygen atoms in total. The van der Waals surface area contributed by atoms with Crippen molar-refractivity contribution in [2.75, 3.05) is 13.2 Å². The second-order valence-electron chi connectivity index (χ2n) is 4.58. The number of nitrogens with zero attached hydrogens (tertiary/aromatic N) is 2. The number of carbonyl (C=O) groups excluding carboxylic acids is 1. The van der Waals surface area contributed by atoms with Crippen LogP contribution in [0.4, 0.5) is 0 Å². The fourth-order valence-corrected chi connectivity index (χ4v) is 1.94. The number of aliphatic hydroxyl groups is 1. The molecule has 0 atom stereocenters. The van der Waals surface area contributed by atoms with E-state index in [2.05, 4.69) is 4.98 Å². The Morgan fingerprint density at radius 2 is 1.86 bits per heavy atom. The lowest BCUT2D eigenvalue weighted by Crippen LogP contribution is -2.31. The molecular weight excluding hydrogens is 264 g/mol. The molecule has 0 aliphatic rings. The predicted octanol–water partition coefficient (Wildman–Crippen LogP) is 2.12. The smallest absolute Gasteiger partial charge is 0.246 e. The van der Waals surface area contributed by atoms with E-state index in [-0.39, 0.29) is 12.5 Å². The third kappa shape index (κ3) is 4.85. The van der Waals surface area contributed by atoms with Crippen molar-refractivity contribution in [2.24, 2.45) is 0 Å². The van der Waals surface area contributed by atoms with E-state index < -0.39 is 0 Å². The van der Waals surface area contributed by atoms with Crippen molar-refractivity contribution in [3.05, 3.63) is 72.1 Å². The Morgan fingerprint density at radius 1 is 1.14 bits per heavy atom. The highest BCUT2D eigenvalue weighted by Crippen LogP contribution is 2.06. The van der Waals surface area contributed by atoms with Gasteiger partial charge in [0.05, 0.1) is 6.61 Å². The van der Waals surface area contributed by atoms with E-state index in [0.717, 1.165) is 11.1 Å². The second kappa shape index (κ2) is 7.97. The quantitative estimate of drug-likeness (QED) is 0.826. The van der Waals surface area contributed by atoms with Crippen molar-refractivity contribution >= 4 is 12.0 Å². The highest BCUT2D eigenvalue weighted by atomic mass is 16.3. The van der Waals surface area contributed by atoms with Crippen LogP contribution in [-0.2, 0) is 11.3 Å². The van der Waals surface area contributed by atoms with Crippen LogP contribution in [-0.4, -0.2) is 34.0 Å². The van der Waals surface area contributed by atoms with Crippen molar-refractivity contribution in [3.63, 3.8) is 0 Å². The molecule has 2 rings (SSSR count). The number of carbonyl (C=O) groups is 1. The Labute approximate surface area is 124 Å². The Balaban J connectivity index is 2.03. The van der Waals surface area contributed by atoms with Gasteiger partial charge in [0.1, 0.15) is 0 Å². The average molecular weight is 282 g/mol. The van der Waals surface area contributed by atoms with Crippen molar-refractivity contribution in [1.82, 2.24) is 9.88 Å². The number of aromatic nitrogens is 1. The first kappa shape index (κ1) is 14.9. The maximum atomic E-state index is 12.2. The summed E-state index contributed by atoms with van der Waals surface area (Å²) in [6.07, 6.45) is 6.63. The van der Waals surface area contributed by atoms with Gasteiger partial charge in [0.25, 0.3) is 0 Å². The summed E-state index contributed by atoms with van der Waals surface area (Å²) >= 11 is 0. The molecule has 21 heavy (non-hydrogen) atoms. The molecule has 108 valence electrons. The minimum Gasteiger partial charge on any atom is -0.395 e. The Bertz CT molecular complexity index is 582. The molecule has 4 heteroatoms. The molecule has 0 spiro atoms. The number of benzene rings is 1. The van der Waals surface area contributed by atoms with E-state index in [1.54, 1.807) is 23.4 Å². The van der Waals surface area contributed by atoms with Gasteiger partial charge in [-0.05, 0) is 29.3 Å². The van der Waals surface area contributed by atoms with Gasteiger partial charge in [-0.15, -0.1) is 0 Å². The molecule has 0 bridgehead atoms. The lowest BCUT2D eigenvalue weighted by atomic mass is 10.2. The lowest BCUT2D eigenvalue weighted by molar-refractivity contribution is -0.127. The zero-order valence-electron chi connectivity index (χ0n) is 11.7. The highest BCUT2D eigenvalue weighted by molar-refractivity contribution is 5.91. The first-order valence-electron chi connectivity index (χ1n) is 6.81. The molecule has 2 aromatic rings. The fraction of sp³-hybridized carbons (Fsp3) is 0.176. The van der Waals surface area contributed by atoms with E-state index in [0.29, 0.717) is 13.1 Å². The Kier molecular flexibility index (Phi) is 5.67. The number of hydrogen-bond donors (Lipinski definition) is 1. The summed E-state index contributed by atoms with van der Waals surface area (Å²) in [6, 6.07) is 13.4. The van der Waals surface area contributed by atoms with E-state index in [1.165, 1.54) is 6.08 Å². The summed E-state index contributed by atoms with van der Waals surface area (Å²) in [5.41, 5.74) is 1.96. The largest absolute Gasteiger partial charge is 0.395 e. The molecule has 1 aromatic heterocycles. The molecule has 0 aliphatic carbocycles. The van der Waals surface area contributed by atoms with E-state index in [1.807, 2.05) is 42.5 Å². The van der Waals surface area contributed by atoms with Crippen LogP contribution in [0.3, 0.4) is 0 Å². The molecule has 0 saturated heterocycles. The zero-order chi connectivity index (χ0) is 14.9. The summed E-state index contributed by atoms with van der Waals surface area (Å²) < 4.78 is 0. The summed E-state index contributed by atoms with van der Waals surface area (Å²) in [4.78, 5) is 17.8. The standard InChI is InChI=1S/C17H18N2O2/c20-13-12-19(14-16-4-2-1-3-5-16)17(21)7-6-15-8-10-18-11-9-15/h1-11,20H,12-14H2/b7-6+. The third-order valence-electron chi connectivity index (χ3n) is 3.02. The van der Waals surface area contributed by atoms with Crippen molar-refractivity contribution < 1.29 is 9.90 Å². The topological polar surface area (TPSA) is 53.4 Å². The molecular formula is C17H18N2O2. The molecule has 0 unspecified atom stereocenters. The van der Waals surface area contributed by atoms with E-state index in [4.69, 9.17) is 5.11 Å². The minimum absolute atomic E-state index is 0.0539. The van der Waals surface area contributed by atoms with Crippen LogP contribution in [0.1, 0.15) is 11.1 Å². The highest BCUT2D eigenvalue weighted by Gasteiger charge is 2.10. The van der Waals surface area contributed by atoms with Crippen molar-refractivity contribution in [3.8, 4) is 0 Å². The van der Waals surface area contributed by atoms with Gasteiger partial charge >= 0.3 is 0 Å². The van der Waals surface area contributed by atoms with Gasteiger partial charge in [-0.25, -0.2) is 0 Å². The molecule has 0 fully saturated rings. The Hall–Kier alpha value is -2.46. The molecule has 1 amide bonds. The third-order valence-corrected chi connectivity index (χ3v) is 3.02. The van der Waals surface area contributed by atoms with Crippen LogP contribution < -0.4 is 0 Å². The summed E-state index contributed by atoms with van der Waals surface area (Å²) in [5, 5.41) is 9.12. The van der Waals surface area contributed by atoms with E-state index >= 15 is 0 Å². The molecule has 1 heterocycles. The fourth-order valence-electron chi connectivity index (χ4n) is 1.94. The van der Waals surface area contributed by atoms with E-state index in [9.17, 15) is 4.79 Å². The number of aliphatic hydroxyl groups excluding tert-OH is 1. The molecule has 0 aliphatic heterocycles. The van der Waals surface area contributed by atoms with Crippen LogP contribution in [0.2, 0.25) is 0 Å². The summed E-state index contributed by atoms with van der Waals surface area (Å²) in [5.74, 6) is -0.121. The van der Waals surface area contributed by atoms with Crippen molar-refractivity contribution in [1.29, 1.82) is 0 Å². The lowest BCUT2D eigenvalue weighted by Gasteiger charge is -2.20. The number of amides is 1. The van der Waals surface area contributed by atoms with Gasteiger partial charge in [0.2, 0.25) is 5.91 Å². The van der Waals surface area contributed by atoms with Gasteiger partial charge in [0, 0.05) is 31.6 Å². The SMILES string of the molecule is O=C(/C=C/c1ccncc1)N(CCO)Cc1ccccc1. The summed E-state index contributed by atoms with van der Waals surface area (Å²) in [6.45, 7) is 0.747. The first-order valence-corrected chi connectivity index (χ1v) is 6.81. The number of rotatable bonds is 6. The second-order valence-corrected chi connectivity index (χ2v) is 4.58. The Morgan fingerprint density at radius 3 is 2.52 bits per heavy atom. The monoisotopic (exact) mass is 282 g/mol. The normalized spacial score (nSPS) is 10.7. The molecule has 0 radical (unpaired) electrons. The van der Waals surface area contributed by atoms with Gasteiger partial charge in [-0.3, -0.25) is 9.78 Å². The molecule has 0 saturated carbocycles. The van der Waals surface area contributed by atoms with Crippen LogP contribution >= 0.6 is 0 Å². The number of pyridine rings is 1. The maximum absolute atomic E-state index is 12.2. The van der Waals surface area contributed by atoms with Gasteiger partial charge < -0.3 is 10.0 Å². The van der Waals surface area contributed by atoms with Gasteiger partial charge in [-0.2, -0.15) is 0 Å².